The third-order valence-corrected chi connectivity index (χ3v) is 3.92. The molecule has 0 radical (unpaired) electrons. The number of rotatable bonds is 2. The van der Waals surface area contributed by atoms with E-state index < -0.39 is 5.91 Å². The highest BCUT2D eigenvalue weighted by Gasteiger charge is 2.14. The number of halogens is 4. The van der Waals surface area contributed by atoms with Gasteiger partial charge >= 0.3 is 0 Å². The van der Waals surface area contributed by atoms with E-state index in [-0.39, 0.29) is 21.4 Å². The highest BCUT2D eigenvalue weighted by atomic mass is 35.5. The summed E-state index contributed by atoms with van der Waals surface area (Å²) in [6, 6.07) is 7.12. The van der Waals surface area contributed by atoms with Crippen molar-refractivity contribution in [3.63, 3.8) is 0 Å². The van der Waals surface area contributed by atoms with Crippen molar-refractivity contribution in [1.29, 1.82) is 0 Å². The van der Waals surface area contributed by atoms with Crippen molar-refractivity contribution < 1.29 is 9.90 Å². The first-order valence-electron chi connectivity index (χ1n) is 5.33. The molecule has 0 spiro atoms. The fraction of sp³-hybridized carbons (Fsp3) is 0. The molecule has 0 aliphatic carbocycles. The molecule has 3 nitrogen and oxygen atoms in total. The van der Waals surface area contributed by atoms with Gasteiger partial charge in [-0.3, -0.25) is 4.79 Å². The van der Waals surface area contributed by atoms with Gasteiger partial charge in [0.1, 0.15) is 5.75 Å². The van der Waals surface area contributed by atoms with Crippen LogP contribution in [0.1, 0.15) is 10.4 Å². The number of nitrogens with one attached hydrogen (secondary N) is 1. The Morgan fingerprint density at radius 3 is 2.15 bits per heavy atom. The Balaban J connectivity index is 2.28. The normalized spacial score (nSPS) is 10.4. The number of hydrogen-bond donors (Lipinski definition) is 2. The van der Waals surface area contributed by atoms with Crippen molar-refractivity contribution in [1.82, 2.24) is 0 Å². The molecule has 0 atom stereocenters. The summed E-state index contributed by atoms with van der Waals surface area (Å²) in [6.07, 6.45) is 0. The highest BCUT2D eigenvalue weighted by Crippen LogP contribution is 2.31. The molecule has 0 saturated carbocycles. The molecule has 2 aromatic carbocycles. The highest BCUT2D eigenvalue weighted by molar-refractivity contribution is 6.43. The number of anilines is 1. The van der Waals surface area contributed by atoms with E-state index in [1.807, 2.05) is 0 Å². The predicted octanol–water partition coefficient (Wildman–Crippen LogP) is 5.26. The largest absolute Gasteiger partial charge is 0.507 e. The summed E-state index contributed by atoms with van der Waals surface area (Å²) in [4.78, 5) is 12.0. The first kappa shape index (κ1) is 15.3. The van der Waals surface area contributed by atoms with E-state index in [0.717, 1.165) is 0 Å². The van der Waals surface area contributed by atoms with Crippen molar-refractivity contribution in [3.05, 3.63) is 56.0 Å². The van der Waals surface area contributed by atoms with Crippen LogP contribution in [-0.4, -0.2) is 11.0 Å². The quantitative estimate of drug-likeness (QED) is 0.776. The molecule has 1 amide bonds. The lowest BCUT2D eigenvalue weighted by Gasteiger charge is -2.09. The Kier molecular flexibility index (Phi) is 4.66. The fourth-order valence-electron chi connectivity index (χ4n) is 1.49. The number of phenolic OH excluding ortho intramolecular Hbond substituents is 1. The summed E-state index contributed by atoms with van der Waals surface area (Å²) in [6.45, 7) is 0. The molecule has 0 heterocycles. The first-order valence-corrected chi connectivity index (χ1v) is 6.84. The Labute approximate surface area is 135 Å². The first-order chi connectivity index (χ1) is 9.38. The molecule has 104 valence electrons. The molecule has 0 aliphatic heterocycles. The van der Waals surface area contributed by atoms with Gasteiger partial charge in [0.15, 0.2) is 0 Å². The van der Waals surface area contributed by atoms with E-state index >= 15 is 0 Å². The van der Waals surface area contributed by atoms with Gasteiger partial charge in [-0.2, -0.15) is 0 Å². The maximum Gasteiger partial charge on any atom is 0.259 e. The van der Waals surface area contributed by atoms with E-state index in [0.29, 0.717) is 15.7 Å². The van der Waals surface area contributed by atoms with Gasteiger partial charge in [-0.25, -0.2) is 0 Å². The number of benzene rings is 2. The van der Waals surface area contributed by atoms with Crippen LogP contribution in [0, 0.1) is 0 Å². The SMILES string of the molecule is O=C(Nc1ccc(Cl)c(Cl)c1)c1cc(Cl)c(Cl)cc1O. The van der Waals surface area contributed by atoms with Crippen LogP contribution in [0.15, 0.2) is 30.3 Å². The minimum atomic E-state index is -0.542. The van der Waals surface area contributed by atoms with Gasteiger partial charge in [-0.1, -0.05) is 46.4 Å². The lowest BCUT2D eigenvalue weighted by atomic mass is 10.2. The van der Waals surface area contributed by atoms with Crippen LogP contribution in [-0.2, 0) is 0 Å². The van der Waals surface area contributed by atoms with Crippen LogP contribution in [0.2, 0.25) is 20.1 Å². The molecule has 0 saturated heterocycles. The van der Waals surface area contributed by atoms with Gasteiger partial charge in [-0.15, -0.1) is 0 Å². The van der Waals surface area contributed by atoms with Gasteiger partial charge < -0.3 is 10.4 Å². The Hall–Kier alpha value is -1.13. The van der Waals surface area contributed by atoms with Crippen molar-refractivity contribution in [2.45, 2.75) is 0 Å². The molecule has 0 unspecified atom stereocenters. The summed E-state index contributed by atoms with van der Waals surface area (Å²) in [5, 5.41) is 13.3. The molecule has 0 bridgehead atoms. The van der Waals surface area contributed by atoms with E-state index in [2.05, 4.69) is 5.32 Å². The third-order valence-electron chi connectivity index (χ3n) is 2.46. The number of aromatic hydroxyl groups is 1. The average Bonchev–Trinajstić information content (AvgIpc) is 2.38. The van der Waals surface area contributed by atoms with Gasteiger partial charge in [0.25, 0.3) is 5.91 Å². The van der Waals surface area contributed by atoms with Crippen LogP contribution >= 0.6 is 46.4 Å². The minimum absolute atomic E-state index is 0.00507. The van der Waals surface area contributed by atoms with E-state index in [1.54, 1.807) is 12.1 Å². The smallest absolute Gasteiger partial charge is 0.259 e. The zero-order valence-electron chi connectivity index (χ0n) is 9.75. The monoisotopic (exact) mass is 349 g/mol. The third kappa shape index (κ3) is 3.30. The minimum Gasteiger partial charge on any atom is -0.507 e. The van der Waals surface area contributed by atoms with Crippen molar-refractivity contribution in [2.24, 2.45) is 0 Å². The summed E-state index contributed by atoms with van der Waals surface area (Å²) < 4.78 is 0. The van der Waals surface area contributed by atoms with Gasteiger partial charge in [0.05, 0.1) is 25.7 Å². The zero-order chi connectivity index (χ0) is 14.9. The maximum absolute atomic E-state index is 12.0. The number of carbonyl (C=O) groups is 1. The molecule has 0 aromatic heterocycles. The van der Waals surface area contributed by atoms with Crippen molar-refractivity contribution in [2.75, 3.05) is 5.32 Å². The molecule has 7 heteroatoms. The molecule has 0 aliphatic rings. The lowest BCUT2D eigenvalue weighted by Crippen LogP contribution is -2.12. The molecular weight excluding hydrogens is 344 g/mol. The molecule has 2 aromatic rings. The number of hydrogen-bond acceptors (Lipinski definition) is 2. The van der Waals surface area contributed by atoms with Gasteiger partial charge in [0.2, 0.25) is 0 Å². The number of amides is 1. The van der Waals surface area contributed by atoms with Crippen LogP contribution in [0.25, 0.3) is 0 Å². The van der Waals surface area contributed by atoms with Crippen LogP contribution in [0.3, 0.4) is 0 Å². The molecule has 0 fully saturated rings. The summed E-state index contributed by atoms with van der Waals surface area (Å²) >= 11 is 23.2. The zero-order valence-corrected chi connectivity index (χ0v) is 12.8. The topological polar surface area (TPSA) is 49.3 Å². The fourth-order valence-corrected chi connectivity index (χ4v) is 2.11. The van der Waals surface area contributed by atoms with Crippen LogP contribution < -0.4 is 5.32 Å². The average molecular weight is 351 g/mol. The molecule has 2 rings (SSSR count). The summed E-state index contributed by atoms with van der Waals surface area (Å²) in [5.74, 6) is -0.809. The molecule has 20 heavy (non-hydrogen) atoms. The Morgan fingerprint density at radius 2 is 1.50 bits per heavy atom. The maximum atomic E-state index is 12.0. The van der Waals surface area contributed by atoms with E-state index in [1.165, 1.54) is 18.2 Å². The number of carbonyl (C=O) groups excluding carboxylic acids is 1. The predicted molar refractivity (Wildman–Crippen MR) is 82.5 cm³/mol. The van der Waals surface area contributed by atoms with Crippen LogP contribution in [0.4, 0.5) is 5.69 Å². The summed E-state index contributed by atoms with van der Waals surface area (Å²) in [5.41, 5.74) is 0.445. The number of phenols is 1. The summed E-state index contributed by atoms with van der Waals surface area (Å²) in [7, 11) is 0. The van der Waals surface area contributed by atoms with Crippen LogP contribution in [0.5, 0.6) is 5.75 Å². The molecule has 2 N–H and O–H groups in total. The second-order valence-corrected chi connectivity index (χ2v) is 5.50. The Bertz CT molecular complexity index is 688. The van der Waals surface area contributed by atoms with Crippen molar-refractivity contribution in [3.8, 4) is 5.75 Å². The second kappa shape index (κ2) is 6.10. The van der Waals surface area contributed by atoms with Gasteiger partial charge in [-0.05, 0) is 24.3 Å². The second-order valence-electron chi connectivity index (χ2n) is 3.87. The van der Waals surface area contributed by atoms with E-state index in [9.17, 15) is 9.90 Å². The standard InChI is InChI=1S/C13H7Cl4NO2/c14-8-2-1-6(3-9(8)15)18-13(20)7-4-10(16)11(17)5-12(7)19/h1-5,19H,(H,18,20). The van der Waals surface area contributed by atoms with Gasteiger partial charge in [0, 0.05) is 11.8 Å². The lowest BCUT2D eigenvalue weighted by molar-refractivity contribution is 0.102. The van der Waals surface area contributed by atoms with E-state index in [4.69, 9.17) is 46.4 Å². The Morgan fingerprint density at radius 1 is 0.900 bits per heavy atom. The molecular formula is C13H7Cl4NO2. The van der Waals surface area contributed by atoms with Crippen molar-refractivity contribution >= 4 is 58.0 Å².